The van der Waals surface area contributed by atoms with Crippen molar-refractivity contribution in [1.29, 1.82) is 0 Å². The van der Waals surface area contributed by atoms with Gasteiger partial charge in [0, 0.05) is 25.3 Å². The number of hydrogen-bond acceptors (Lipinski definition) is 7. The first-order valence-corrected chi connectivity index (χ1v) is 11.7. The van der Waals surface area contributed by atoms with Crippen LogP contribution < -0.4 is 4.90 Å². The lowest BCUT2D eigenvalue weighted by Crippen LogP contribution is -2.46. The minimum absolute atomic E-state index is 0.0134. The number of allylic oxidation sites excluding steroid dienone is 3. The molecule has 0 spiro atoms. The van der Waals surface area contributed by atoms with Gasteiger partial charge in [-0.2, -0.15) is 18.2 Å². The Kier molecular flexibility index (Phi) is 7.88. The molecule has 0 atom stereocenters. The molecule has 1 aromatic heterocycles. The van der Waals surface area contributed by atoms with Gasteiger partial charge in [0.1, 0.15) is 5.82 Å². The average Bonchev–Trinajstić information content (AvgIpc) is 3.46. The molecule has 1 amide bonds. The molecule has 198 valence electrons. The van der Waals surface area contributed by atoms with Gasteiger partial charge in [-0.3, -0.25) is 14.7 Å². The van der Waals surface area contributed by atoms with E-state index in [1.54, 1.807) is 6.07 Å². The predicted octanol–water partition coefficient (Wildman–Crippen LogP) is 4.36. The molecule has 12 heteroatoms. The van der Waals surface area contributed by atoms with Crippen molar-refractivity contribution in [2.24, 2.45) is 10.4 Å². The maximum atomic E-state index is 14.1. The number of benzene rings is 1. The van der Waals surface area contributed by atoms with Gasteiger partial charge in [-0.25, -0.2) is 4.39 Å². The van der Waals surface area contributed by atoms with E-state index in [0.717, 1.165) is 13.1 Å². The lowest BCUT2D eigenvalue weighted by Gasteiger charge is -2.33. The zero-order valence-corrected chi connectivity index (χ0v) is 20.3. The second-order valence-corrected chi connectivity index (χ2v) is 9.13. The van der Waals surface area contributed by atoms with E-state index >= 15 is 0 Å². The Morgan fingerprint density at radius 1 is 1.27 bits per heavy atom. The minimum atomic E-state index is -4.75. The summed E-state index contributed by atoms with van der Waals surface area (Å²) >= 11 is 0. The van der Waals surface area contributed by atoms with Gasteiger partial charge >= 0.3 is 12.1 Å². The fourth-order valence-electron chi connectivity index (χ4n) is 4.10. The number of anilines is 1. The van der Waals surface area contributed by atoms with Gasteiger partial charge in [-0.05, 0) is 56.3 Å². The van der Waals surface area contributed by atoms with Crippen LogP contribution in [0.15, 0.2) is 51.6 Å². The third-order valence-corrected chi connectivity index (χ3v) is 6.37. The van der Waals surface area contributed by atoms with Crippen molar-refractivity contribution in [2.75, 3.05) is 44.3 Å². The van der Waals surface area contributed by atoms with Gasteiger partial charge in [-0.15, -0.1) is 0 Å². The molecule has 1 aliphatic carbocycles. The molecule has 1 aromatic carbocycles. The quantitative estimate of drug-likeness (QED) is 0.277. The molecule has 1 aliphatic heterocycles. The van der Waals surface area contributed by atoms with Crippen molar-refractivity contribution in [1.82, 2.24) is 15.0 Å². The lowest BCUT2D eigenvalue weighted by molar-refractivity contribution is -0.159. The molecule has 4 rings (SSSR count). The van der Waals surface area contributed by atoms with Crippen molar-refractivity contribution in [2.45, 2.75) is 25.9 Å². The molecular weight excluding hydrogens is 494 g/mol. The summed E-state index contributed by atoms with van der Waals surface area (Å²) in [6.45, 7) is 8.35. The first-order chi connectivity index (χ1) is 17.6. The Balaban J connectivity index is 1.57. The highest BCUT2D eigenvalue weighted by molar-refractivity contribution is 6.00. The van der Waals surface area contributed by atoms with Crippen molar-refractivity contribution in [3.8, 4) is 0 Å². The summed E-state index contributed by atoms with van der Waals surface area (Å²) in [6, 6.07) is 5.74. The van der Waals surface area contributed by atoms with E-state index in [1.165, 1.54) is 42.2 Å². The van der Waals surface area contributed by atoms with Crippen LogP contribution in [0.3, 0.4) is 0 Å². The van der Waals surface area contributed by atoms with Crippen LogP contribution in [0.1, 0.15) is 31.5 Å². The van der Waals surface area contributed by atoms with E-state index in [4.69, 9.17) is 4.74 Å². The first-order valence-electron chi connectivity index (χ1n) is 11.7. The van der Waals surface area contributed by atoms with Crippen molar-refractivity contribution in [3.63, 3.8) is 0 Å². The van der Waals surface area contributed by atoms with Gasteiger partial charge in [0.25, 0.3) is 0 Å². The summed E-state index contributed by atoms with van der Waals surface area (Å²) < 4.78 is 62.1. The van der Waals surface area contributed by atoms with Gasteiger partial charge in [0.05, 0.1) is 30.9 Å². The summed E-state index contributed by atoms with van der Waals surface area (Å²) in [7, 11) is 0. The van der Waals surface area contributed by atoms with Crippen molar-refractivity contribution in [3.05, 3.63) is 59.6 Å². The molecule has 0 bridgehead atoms. The number of carbonyl (C=O) groups is 1. The number of carbonyl (C=O) groups excluding carboxylic acids is 1. The van der Waals surface area contributed by atoms with Gasteiger partial charge < -0.3 is 14.2 Å². The fourth-order valence-corrected chi connectivity index (χ4v) is 4.10. The largest absolute Gasteiger partial charge is 0.471 e. The molecule has 0 N–H and O–H groups in total. The zero-order chi connectivity index (χ0) is 26.6. The van der Waals surface area contributed by atoms with Crippen molar-refractivity contribution >= 4 is 23.9 Å². The average molecular weight is 522 g/mol. The SMILES string of the molecule is C=N/C(=C\C=C(/C)c1noc(C(F)(F)F)n1)CN(C(=O)C1(CN2CCOCC2)CC1)c1cccc(F)c1. The zero-order valence-electron chi connectivity index (χ0n) is 20.3. The molecule has 1 saturated heterocycles. The summed E-state index contributed by atoms with van der Waals surface area (Å²) in [4.78, 5) is 24.9. The number of aromatic nitrogens is 2. The molecule has 2 heterocycles. The number of hydrogen-bond donors (Lipinski definition) is 0. The topological polar surface area (TPSA) is 84.1 Å². The molecule has 8 nitrogen and oxygen atoms in total. The molecular formula is C25H27F4N5O3. The first kappa shape index (κ1) is 26.7. The number of halogens is 4. The van der Waals surface area contributed by atoms with E-state index in [1.807, 2.05) is 0 Å². The molecule has 2 aromatic rings. The molecule has 2 fully saturated rings. The third kappa shape index (κ3) is 6.50. The lowest BCUT2D eigenvalue weighted by atomic mass is 10.0. The summed E-state index contributed by atoms with van der Waals surface area (Å²) in [6.07, 6.45) is -0.347. The monoisotopic (exact) mass is 521 g/mol. The smallest absolute Gasteiger partial charge is 0.379 e. The van der Waals surface area contributed by atoms with Crippen LogP contribution in [0.25, 0.3) is 5.57 Å². The van der Waals surface area contributed by atoms with Crippen LogP contribution in [-0.4, -0.2) is 67.1 Å². The van der Waals surface area contributed by atoms with Crippen LogP contribution >= 0.6 is 0 Å². The Bertz CT molecular complexity index is 1200. The number of amides is 1. The molecule has 2 aliphatic rings. The van der Waals surface area contributed by atoms with E-state index in [0.29, 0.717) is 44.0 Å². The highest BCUT2D eigenvalue weighted by atomic mass is 19.4. The Morgan fingerprint density at radius 3 is 2.59 bits per heavy atom. The number of aliphatic imine (C=N–C) groups is 1. The Labute approximate surface area is 211 Å². The van der Waals surface area contributed by atoms with Crippen LogP contribution in [0.5, 0.6) is 0 Å². The summed E-state index contributed by atoms with van der Waals surface area (Å²) in [5, 5.41) is 3.36. The van der Waals surface area contributed by atoms with E-state index in [9.17, 15) is 22.4 Å². The second-order valence-electron chi connectivity index (χ2n) is 9.13. The van der Waals surface area contributed by atoms with E-state index in [2.05, 4.69) is 31.3 Å². The highest BCUT2D eigenvalue weighted by Crippen LogP contribution is 2.48. The van der Waals surface area contributed by atoms with Crippen LogP contribution in [0, 0.1) is 11.2 Å². The molecule has 0 radical (unpaired) electrons. The van der Waals surface area contributed by atoms with Gasteiger partial charge in [-0.1, -0.05) is 17.3 Å². The Hall–Kier alpha value is -3.38. The standard InChI is InChI=1S/C25H27F4N5O3/c1-17(21-31-22(37-32-21)25(27,28)29)6-7-19(30-2)15-34(20-5-3-4-18(26)14-20)23(35)24(8-9-24)16-33-10-12-36-13-11-33/h3-7,14H,2,8-13,15-16H2,1H3/b17-6+,19-7-. The summed E-state index contributed by atoms with van der Waals surface area (Å²) in [5.41, 5.74) is 0.426. The number of rotatable bonds is 9. The maximum Gasteiger partial charge on any atom is 0.471 e. The Morgan fingerprint density at radius 2 is 2.00 bits per heavy atom. The highest BCUT2D eigenvalue weighted by Gasteiger charge is 2.53. The third-order valence-electron chi connectivity index (χ3n) is 6.37. The maximum absolute atomic E-state index is 14.1. The molecule has 0 unspecified atom stereocenters. The number of ether oxygens (including phenoxy) is 1. The van der Waals surface area contributed by atoms with Crippen LogP contribution in [0.2, 0.25) is 0 Å². The minimum Gasteiger partial charge on any atom is -0.379 e. The number of alkyl halides is 3. The normalized spacial score (nSPS) is 18.5. The molecule has 1 saturated carbocycles. The second kappa shape index (κ2) is 10.9. The van der Waals surface area contributed by atoms with Crippen molar-refractivity contribution < 1.29 is 31.6 Å². The number of morpholine rings is 1. The van der Waals surface area contributed by atoms with Gasteiger partial charge in [0.15, 0.2) is 5.82 Å². The van der Waals surface area contributed by atoms with E-state index < -0.39 is 23.3 Å². The van der Waals surface area contributed by atoms with Gasteiger partial charge in [0.2, 0.25) is 5.91 Å². The van der Waals surface area contributed by atoms with Crippen LogP contribution in [0.4, 0.5) is 23.2 Å². The molecule has 37 heavy (non-hydrogen) atoms. The fraction of sp³-hybridized carbons (Fsp3) is 0.440. The summed E-state index contributed by atoms with van der Waals surface area (Å²) in [5.74, 6) is -2.31. The number of nitrogens with zero attached hydrogens (tertiary/aromatic N) is 5. The van der Waals surface area contributed by atoms with E-state index in [-0.39, 0.29) is 23.8 Å². The predicted molar refractivity (Wildman–Crippen MR) is 128 cm³/mol. The van der Waals surface area contributed by atoms with Crippen LogP contribution in [-0.2, 0) is 15.7 Å².